The van der Waals surface area contributed by atoms with E-state index in [1.807, 2.05) is 19.3 Å². The predicted molar refractivity (Wildman–Crippen MR) is 61.3 cm³/mol. The highest BCUT2D eigenvalue weighted by Gasteiger charge is 2.02. The Morgan fingerprint density at radius 2 is 2.25 bits per heavy atom. The van der Waals surface area contributed by atoms with Gasteiger partial charge in [-0.1, -0.05) is 0 Å². The largest absolute Gasteiger partial charge is 0.397 e. The molecule has 3 N–H and O–H groups in total. The lowest BCUT2D eigenvalue weighted by Crippen LogP contribution is -2.04. The quantitative estimate of drug-likeness (QED) is 0.775. The molecule has 4 nitrogen and oxygen atoms in total. The van der Waals surface area contributed by atoms with Crippen LogP contribution in [0.1, 0.15) is 5.69 Å². The average Bonchev–Trinajstić information content (AvgIpc) is 2.66. The first kappa shape index (κ1) is 10.5. The molecular weight excluding hydrogens is 207 g/mol. The molecule has 0 spiro atoms. The van der Waals surface area contributed by atoms with E-state index in [4.69, 9.17) is 5.73 Å². The number of hydrogen-bond acceptors (Lipinski definition) is 3. The van der Waals surface area contributed by atoms with Crippen LogP contribution in [0.5, 0.6) is 0 Å². The molecule has 0 aliphatic carbocycles. The van der Waals surface area contributed by atoms with Gasteiger partial charge in [-0.25, -0.2) is 4.39 Å². The number of hydrogen-bond donors (Lipinski definition) is 2. The Balaban J connectivity index is 2.07. The van der Waals surface area contributed by atoms with Gasteiger partial charge >= 0.3 is 0 Å². The SMILES string of the molecule is Cn1ccc(CNc2cc(F)ccc2N)n1. The van der Waals surface area contributed by atoms with Gasteiger partial charge in [-0.15, -0.1) is 0 Å². The number of nitrogens with one attached hydrogen (secondary N) is 1. The van der Waals surface area contributed by atoms with Gasteiger partial charge in [0.15, 0.2) is 0 Å². The van der Waals surface area contributed by atoms with Crippen molar-refractivity contribution in [3.8, 4) is 0 Å². The Morgan fingerprint density at radius 3 is 2.94 bits per heavy atom. The molecule has 84 valence electrons. The summed E-state index contributed by atoms with van der Waals surface area (Å²) >= 11 is 0. The van der Waals surface area contributed by atoms with Crippen LogP contribution in [0.2, 0.25) is 0 Å². The van der Waals surface area contributed by atoms with Crippen LogP contribution in [0.15, 0.2) is 30.5 Å². The fraction of sp³-hybridized carbons (Fsp3) is 0.182. The van der Waals surface area contributed by atoms with E-state index in [0.29, 0.717) is 17.9 Å². The van der Waals surface area contributed by atoms with Crippen LogP contribution in [0.3, 0.4) is 0 Å². The Hall–Kier alpha value is -2.04. The van der Waals surface area contributed by atoms with Gasteiger partial charge < -0.3 is 11.1 Å². The zero-order chi connectivity index (χ0) is 11.5. The highest BCUT2D eigenvalue weighted by atomic mass is 19.1. The number of halogens is 1. The molecule has 1 aromatic heterocycles. The lowest BCUT2D eigenvalue weighted by Gasteiger charge is -2.07. The smallest absolute Gasteiger partial charge is 0.125 e. The van der Waals surface area contributed by atoms with Crippen LogP contribution in [-0.4, -0.2) is 9.78 Å². The highest BCUT2D eigenvalue weighted by molar-refractivity contribution is 5.65. The Kier molecular flexibility index (Phi) is 2.76. The second-order valence-electron chi connectivity index (χ2n) is 3.57. The molecule has 1 aromatic carbocycles. The molecule has 0 aliphatic heterocycles. The number of aryl methyl sites for hydroxylation is 1. The molecule has 0 unspecified atom stereocenters. The molecule has 2 rings (SSSR count). The Bertz CT molecular complexity index is 492. The molecule has 0 saturated heterocycles. The lowest BCUT2D eigenvalue weighted by atomic mass is 10.2. The summed E-state index contributed by atoms with van der Waals surface area (Å²) in [6.45, 7) is 0.522. The van der Waals surface area contributed by atoms with E-state index in [9.17, 15) is 4.39 Å². The van der Waals surface area contributed by atoms with Crippen molar-refractivity contribution >= 4 is 11.4 Å². The molecule has 16 heavy (non-hydrogen) atoms. The fourth-order valence-electron chi connectivity index (χ4n) is 1.42. The van der Waals surface area contributed by atoms with Gasteiger partial charge in [-0.05, 0) is 24.3 Å². The molecule has 2 aromatic rings. The fourth-order valence-corrected chi connectivity index (χ4v) is 1.42. The monoisotopic (exact) mass is 220 g/mol. The molecule has 0 radical (unpaired) electrons. The summed E-state index contributed by atoms with van der Waals surface area (Å²) in [5.41, 5.74) is 7.70. The van der Waals surface area contributed by atoms with Crippen molar-refractivity contribution < 1.29 is 4.39 Å². The summed E-state index contributed by atoms with van der Waals surface area (Å²) in [6, 6.07) is 6.14. The zero-order valence-corrected chi connectivity index (χ0v) is 8.94. The molecule has 0 saturated carbocycles. The van der Waals surface area contributed by atoms with Crippen molar-refractivity contribution in [2.24, 2.45) is 7.05 Å². The second kappa shape index (κ2) is 4.22. The normalized spacial score (nSPS) is 10.4. The molecular formula is C11H13FN4. The molecule has 0 aliphatic rings. The van der Waals surface area contributed by atoms with E-state index in [1.165, 1.54) is 18.2 Å². The summed E-state index contributed by atoms with van der Waals surface area (Å²) in [5.74, 6) is -0.308. The van der Waals surface area contributed by atoms with Gasteiger partial charge in [0.05, 0.1) is 23.6 Å². The van der Waals surface area contributed by atoms with Crippen LogP contribution in [0, 0.1) is 5.82 Å². The van der Waals surface area contributed by atoms with Gasteiger partial charge in [0, 0.05) is 13.2 Å². The molecule has 1 heterocycles. The van der Waals surface area contributed by atoms with Gasteiger partial charge in [-0.2, -0.15) is 5.10 Å². The molecule has 0 bridgehead atoms. The summed E-state index contributed by atoms with van der Waals surface area (Å²) < 4.78 is 14.7. The number of nitrogen functional groups attached to an aromatic ring is 1. The first-order valence-electron chi connectivity index (χ1n) is 4.92. The summed E-state index contributed by atoms with van der Waals surface area (Å²) in [5, 5.41) is 7.24. The van der Waals surface area contributed by atoms with Crippen LogP contribution < -0.4 is 11.1 Å². The van der Waals surface area contributed by atoms with Crippen LogP contribution in [0.25, 0.3) is 0 Å². The van der Waals surface area contributed by atoms with E-state index < -0.39 is 0 Å². The van der Waals surface area contributed by atoms with Gasteiger partial charge in [-0.3, -0.25) is 4.68 Å². The Morgan fingerprint density at radius 1 is 1.44 bits per heavy atom. The maximum atomic E-state index is 13.0. The zero-order valence-electron chi connectivity index (χ0n) is 8.94. The minimum absolute atomic E-state index is 0.308. The van der Waals surface area contributed by atoms with E-state index in [0.717, 1.165) is 5.69 Å². The van der Waals surface area contributed by atoms with E-state index >= 15 is 0 Å². The average molecular weight is 220 g/mol. The molecule has 0 atom stereocenters. The van der Waals surface area contributed by atoms with E-state index in [2.05, 4.69) is 10.4 Å². The highest BCUT2D eigenvalue weighted by Crippen LogP contribution is 2.19. The standard InChI is InChI=1S/C11H13FN4/c1-16-5-4-9(15-16)7-14-11-6-8(12)2-3-10(11)13/h2-6,14H,7,13H2,1H3. The van der Waals surface area contributed by atoms with Gasteiger partial charge in [0.2, 0.25) is 0 Å². The van der Waals surface area contributed by atoms with Crippen molar-refractivity contribution in [3.05, 3.63) is 42.0 Å². The lowest BCUT2D eigenvalue weighted by molar-refractivity contribution is 0.628. The van der Waals surface area contributed by atoms with Crippen molar-refractivity contribution in [2.45, 2.75) is 6.54 Å². The number of aromatic nitrogens is 2. The molecule has 0 fully saturated rings. The topological polar surface area (TPSA) is 55.9 Å². The van der Waals surface area contributed by atoms with E-state index in [-0.39, 0.29) is 5.82 Å². The van der Waals surface area contributed by atoms with Crippen molar-refractivity contribution in [2.75, 3.05) is 11.1 Å². The number of nitrogens with two attached hydrogens (primary N) is 1. The Labute approximate surface area is 92.9 Å². The van der Waals surface area contributed by atoms with Crippen molar-refractivity contribution in [3.63, 3.8) is 0 Å². The third-order valence-corrected chi connectivity index (χ3v) is 2.24. The summed E-state index contributed by atoms with van der Waals surface area (Å²) in [7, 11) is 1.85. The third-order valence-electron chi connectivity index (χ3n) is 2.24. The maximum absolute atomic E-state index is 13.0. The second-order valence-corrected chi connectivity index (χ2v) is 3.57. The van der Waals surface area contributed by atoms with Crippen molar-refractivity contribution in [1.29, 1.82) is 0 Å². The summed E-state index contributed by atoms with van der Waals surface area (Å²) in [4.78, 5) is 0. The number of anilines is 2. The molecule has 0 amide bonds. The summed E-state index contributed by atoms with van der Waals surface area (Å²) in [6.07, 6.45) is 1.85. The minimum Gasteiger partial charge on any atom is -0.397 e. The van der Waals surface area contributed by atoms with Gasteiger partial charge in [0.25, 0.3) is 0 Å². The first-order chi connectivity index (χ1) is 7.65. The molecule has 5 heteroatoms. The third kappa shape index (κ3) is 2.31. The number of benzene rings is 1. The van der Waals surface area contributed by atoms with Crippen LogP contribution in [-0.2, 0) is 13.6 Å². The van der Waals surface area contributed by atoms with Crippen LogP contribution >= 0.6 is 0 Å². The predicted octanol–water partition coefficient (Wildman–Crippen LogP) is 1.75. The first-order valence-corrected chi connectivity index (χ1v) is 4.92. The van der Waals surface area contributed by atoms with E-state index in [1.54, 1.807) is 4.68 Å². The maximum Gasteiger partial charge on any atom is 0.125 e. The minimum atomic E-state index is -0.308. The van der Waals surface area contributed by atoms with Crippen LogP contribution in [0.4, 0.5) is 15.8 Å². The number of nitrogens with zero attached hydrogens (tertiary/aromatic N) is 2. The van der Waals surface area contributed by atoms with Gasteiger partial charge in [0.1, 0.15) is 5.82 Å². The number of rotatable bonds is 3. The van der Waals surface area contributed by atoms with Crippen molar-refractivity contribution in [1.82, 2.24) is 9.78 Å².